The summed E-state index contributed by atoms with van der Waals surface area (Å²) in [5.41, 5.74) is -0.774. The molecule has 0 radical (unpaired) electrons. The zero-order valence-corrected chi connectivity index (χ0v) is 14.6. The highest BCUT2D eigenvalue weighted by atomic mass is 35.5. The van der Waals surface area contributed by atoms with Crippen LogP contribution in [-0.2, 0) is 6.18 Å². The van der Waals surface area contributed by atoms with Crippen molar-refractivity contribution >= 4 is 23.2 Å². The number of anilines is 1. The van der Waals surface area contributed by atoms with E-state index in [0.717, 1.165) is 24.6 Å². The molecule has 0 spiro atoms. The third-order valence-corrected chi connectivity index (χ3v) is 4.01. The van der Waals surface area contributed by atoms with Gasteiger partial charge in [-0.15, -0.1) is 0 Å². The topological polar surface area (TPSA) is 64.4 Å². The van der Waals surface area contributed by atoms with Crippen molar-refractivity contribution in [3.05, 3.63) is 65.1 Å². The second-order valence-corrected chi connectivity index (χ2v) is 5.78. The first-order valence-corrected chi connectivity index (χ1v) is 7.94. The molecule has 2 aromatic carbocycles. The Morgan fingerprint density at radius 2 is 1.96 bits per heavy atom. The number of nitrogens with one attached hydrogen (secondary N) is 1. The van der Waals surface area contributed by atoms with Crippen LogP contribution in [0, 0.1) is 0 Å². The molecular formula is C18H12ClF3N2O3. The van der Waals surface area contributed by atoms with E-state index in [2.05, 4.69) is 10.3 Å². The highest BCUT2D eigenvalue weighted by Crippen LogP contribution is 2.35. The van der Waals surface area contributed by atoms with Gasteiger partial charge in [0.2, 0.25) is 0 Å². The molecule has 0 bridgehead atoms. The molecule has 0 fully saturated rings. The Morgan fingerprint density at radius 3 is 2.67 bits per heavy atom. The van der Waals surface area contributed by atoms with Crippen molar-refractivity contribution in [1.82, 2.24) is 4.98 Å². The quantitative estimate of drug-likeness (QED) is 0.652. The summed E-state index contributed by atoms with van der Waals surface area (Å²) in [6.45, 7) is 0. The fourth-order valence-electron chi connectivity index (χ4n) is 2.41. The molecule has 0 aliphatic rings. The Hall–Kier alpha value is -3.00. The summed E-state index contributed by atoms with van der Waals surface area (Å²) in [5, 5.41) is 2.30. The molecule has 0 aliphatic carbocycles. The predicted octanol–water partition coefficient (Wildman–Crippen LogP) is 5.27. The lowest BCUT2D eigenvalue weighted by Gasteiger charge is -2.11. The number of para-hydroxylation sites is 1. The van der Waals surface area contributed by atoms with Crippen molar-refractivity contribution in [2.24, 2.45) is 0 Å². The average molecular weight is 397 g/mol. The van der Waals surface area contributed by atoms with Gasteiger partial charge in [-0.2, -0.15) is 13.2 Å². The molecule has 0 atom stereocenters. The van der Waals surface area contributed by atoms with E-state index in [1.54, 1.807) is 24.3 Å². The van der Waals surface area contributed by atoms with E-state index in [1.807, 2.05) is 0 Å². The molecule has 1 N–H and O–H groups in total. The standard InChI is InChI=1S/C18H12ClF3N2O3/c1-26-14-5-3-2-4-11(14)16-15(23-9-27-16)17(25)24-13-8-10(18(20,21)22)6-7-12(13)19/h2-9H,1H3,(H,24,25). The second-order valence-electron chi connectivity index (χ2n) is 5.38. The number of halogens is 4. The molecule has 1 aromatic heterocycles. The van der Waals surface area contributed by atoms with Crippen LogP contribution in [0.2, 0.25) is 5.02 Å². The number of aromatic nitrogens is 1. The SMILES string of the molecule is COc1ccccc1-c1ocnc1C(=O)Nc1cc(C(F)(F)F)ccc1Cl. The summed E-state index contributed by atoms with van der Waals surface area (Å²) >= 11 is 5.91. The monoisotopic (exact) mass is 396 g/mol. The number of methoxy groups -OCH3 is 1. The average Bonchev–Trinajstić information content (AvgIpc) is 3.12. The van der Waals surface area contributed by atoms with Crippen LogP contribution in [-0.4, -0.2) is 18.0 Å². The minimum atomic E-state index is -4.57. The number of hydrogen-bond donors (Lipinski definition) is 1. The van der Waals surface area contributed by atoms with Gasteiger partial charge >= 0.3 is 6.18 Å². The van der Waals surface area contributed by atoms with Crippen molar-refractivity contribution in [2.45, 2.75) is 6.18 Å². The maximum atomic E-state index is 12.9. The van der Waals surface area contributed by atoms with Crippen LogP contribution in [0.25, 0.3) is 11.3 Å². The number of ether oxygens (including phenoxy) is 1. The minimum absolute atomic E-state index is 0.0429. The van der Waals surface area contributed by atoms with Crippen molar-refractivity contribution in [3.8, 4) is 17.1 Å². The maximum Gasteiger partial charge on any atom is 0.416 e. The summed E-state index contributed by atoms with van der Waals surface area (Å²) in [6, 6.07) is 9.42. The highest BCUT2D eigenvalue weighted by molar-refractivity contribution is 6.34. The van der Waals surface area contributed by atoms with Crippen LogP contribution in [0.4, 0.5) is 18.9 Å². The molecule has 0 saturated carbocycles. The zero-order valence-electron chi connectivity index (χ0n) is 13.8. The first-order chi connectivity index (χ1) is 12.8. The molecule has 3 rings (SSSR count). The van der Waals surface area contributed by atoms with Gasteiger partial charge in [0.05, 0.1) is 28.9 Å². The van der Waals surface area contributed by atoms with Crippen molar-refractivity contribution in [1.29, 1.82) is 0 Å². The van der Waals surface area contributed by atoms with Gasteiger partial charge in [0.1, 0.15) is 5.75 Å². The van der Waals surface area contributed by atoms with E-state index in [-0.39, 0.29) is 22.2 Å². The molecule has 5 nitrogen and oxygen atoms in total. The lowest BCUT2D eigenvalue weighted by atomic mass is 10.1. The Kier molecular flexibility index (Phi) is 5.09. The number of amides is 1. The van der Waals surface area contributed by atoms with Gasteiger partial charge in [0.25, 0.3) is 5.91 Å². The number of nitrogens with zero attached hydrogens (tertiary/aromatic N) is 1. The van der Waals surface area contributed by atoms with Crippen molar-refractivity contribution in [3.63, 3.8) is 0 Å². The molecule has 3 aromatic rings. The summed E-state index contributed by atoms with van der Waals surface area (Å²) < 4.78 is 49.2. The van der Waals surface area contributed by atoms with E-state index < -0.39 is 17.6 Å². The van der Waals surface area contributed by atoms with Gasteiger partial charge in [-0.05, 0) is 30.3 Å². The van der Waals surface area contributed by atoms with Gasteiger partial charge in [-0.25, -0.2) is 4.98 Å². The van der Waals surface area contributed by atoms with Crippen LogP contribution in [0.1, 0.15) is 16.1 Å². The van der Waals surface area contributed by atoms with Crippen LogP contribution >= 0.6 is 11.6 Å². The number of carbonyl (C=O) groups excluding carboxylic acids is 1. The molecule has 0 aliphatic heterocycles. The molecule has 1 amide bonds. The fraction of sp³-hybridized carbons (Fsp3) is 0.111. The van der Waals surface area contributed by atoms with Gasteiger partial charge in [0.15, 0.2) is 17.8 Å². The third kappa shape index (κ3) is 3.90. The Bertz CT molecular complexity index is 986. The fourth-order valence-corrected chi connectivity index (χ4v) is 2.57. The van der Waals surface area contributed by atoms with Crippen LogP contribution in [0.5, 0.6) is 5.75 Å². The van der Waals surface area contributed by atoms with E-state index in [0.29, 0.717) is 11.3 Å². The van der Waals surface area contributed by atoms with Gasteiger partial charge in [-0.3, -0.25) is 4.79 Å². The van der Waals surface area contributed by atoms with Gasteiger partial charge < -0.3 is 14.5 Å². The Morgan fingerprint density at radius 1 is 1.22 bits per heavy atom. The van der Waals surface area contributed by atoms with E-state index in [4.69, 9.17) is 20.8 Å². The molecule has 9 heteroatoms. The third-order valence-electron chi connectivity index (χ3n) is 3.68. The van der Waals surface area contributed by atoms with E-state index in [9.17, 15) is 18.0 Å². The van der Waals surface area contributed by atoms with Crippen LogP contribution in [0.15, 0.2) is 53.3 Å². The van der Waals surface area contributed by atoms with Crippen LogP contribution in [0.3, 0.4) is 0 Å². The molecular weight excluding hydrogens is 385 g/mol. The maximum absolute atomic E-state index is 12.9. The normalized spacial score (nSPS) is 11.3. The number of rotatable bonds is 4. The summed E-state index contributed by atoms with van der Waals surface area (Å²) in [5.74, 6) is -0.209. The number of hydrogen-bond acceptors (Lipinski definition) is 4. The molecule has 140 valence electrons. The second kappa shape index (κ2) is 7.32. The lowest BCUT2D eigenvalue weighted by molar-refractivity contribution is -0.137. The number of alkyl halides is 3. The van der Waals surface area contributed by atoms with Crippen molar-refractivity contribution in [2.75, 3.05) is 12.4 Å². The van der Waals surface area contributed by atoms with Gasteiger partial charge in [0, 0.05) is 0 Å². The smallest absolute Gasteiger partial charge is 0.416 e. The molecule has 27 heavy (non-hydrogen) atoms. The molecule has 0 unspecified atom stereocenters. The first kappa shape index (κ1) is 18.8. The Balaban J connectivity index is 1.95. The summed E-state index contributed by atoms with van der Waals surface area (Å²) in [4.78, 5) is 16.4. The number of oxazole rings is 1. The largest absolute Gasteiger partial charge is 0.496 e. The van der Waals surface area contributed by atoms with Gasteiger partial charge in [-0.1, -0.05) is 23.7 Å². The number of benzene rings is 2. The first-order valence-electron chi connectivity index (χ1n) is 7.56. The Labute approximate surface area is 156 Å². The highest BCUT2D eigenvalue weighted by Gasteiger charge is 2.31. The molecule has 0 saturated heterocycles. The minimum Gasteiger partial charge on any atom is -0.496 e. The van der Waals surface area contributed by atoms with Crippen LogP contribution < -0.4 is 10.1 Å². The van der Waals surface area contributed by atoms with E-state index >= 15 is 0 Å². The van der Waals surface area contributed by atoms with Crippen molar-refractivity contribution < 1.29 is 27.1 Å². The lowest BCUT2D eigenvalue weighted by Crippen LogP contribution is -2.15. The number of carbonyl (C=O) groups is 1. The summed E-state index contributed by atoms with van der Waals surface area (Å²) in [7, 11) is 1.46. The zero-order chi connectivity index (χ0) is 19.6. The summed E-state index contributed by atoms with van der Waals surface area (Å²) in [6.07, 6.45) is -3.51. The molecule has 1 heterocycles. The van der Waals surface area contributed by atoms with E-state index in [1.165, 1.54) is 7.11 Å². The predicted molar refractivity (Wildman–Crippen MR) is 92.9 cm³/mol.